The number of hydrogen-bond donors (Lipinski definition) is 1. The number of rotatable bonds is 3. The lowest BCUT2D eigenvalue weighted by atomic mass is 10.1. The highest BCUT2D eigenvalue weighted by molar-refractivity contribution is 6.33. The summed E-state index contributed by atoms with van der Waals surface area (Å²) in [7, 11) is 1.62. The number of hydrogen-bond acceptors (Lipinski definition) is 4. The number of carbonyl (C=O) groups excluding carboxylic acids is 1. The van der Waals surface area contributed by atoms with Crippen LogP contribution in [0.5, 0.6) is 0 Å². The second-order valence-electron chi connectivity index (χ2n) is 5.18. The number of halogens is 2. The fourth-order valence-corrected chi connectivity index (χ4v) is 2.75. The molecule has 1 N–H and O–H groups in total. The maximum absolute atomic E-state index is 12.1. The van der Waals surface area contributed by atoms with E-state index in [-0.39, 0.29) is 10.7 Å². The first-order valence-electron chi connectivity index (χ1n) is 7.04. The standard InChI is InChI=1S/C16H13Cl2N5O/c1-9-4-3-5-10-6-11(15(18)21-13(9)10)7-19-22-16(24)14-12(17)8-20-23(14)2/h3-8H,1-2H3,(H,22,24)/b19-7+. The van der Waals surface area contributed by atoms with Gasteiger partial charge in [0, 0.05) is 18.0 Å². The Morgan fingerprint density at radius 2 is 2.17 bits per heavy atom. The van der Waals surface area contributed by atoms with Crippen molar-refractivity contribution in [3.8, 4) is 0 Å². The molecule has 3 aromatic rings. The molecule has 1 aromatic carbocycles. The smallest absolute Gasteiger partial charge is 0.266 e. The van der Waals surface area contributed by atoms with Gasteiger partial charge in [0.1, 0.15) is 10.8 Å². The molecule has 1 amide bonds. The molecule has 0 aliphatic carbocycles. The lowest BCUT2D eigenvalue weighted by Crippen LogP contribution is -2.21. The molecule has 24 heavy (non-hydrogen) atoms. The number of benzene rings is 1. The molecular weight excluding hydrogens is 349 g/mol. The average molecular weight is 362 g/mol. The van der Waals surface area contributed by atoms with Crippen molar-refractivity contribution in [3.05, 3.63) is 57.5 Å². The summed E-state index contributed by atoms with van der Waals surface area (Å²) in [5, 5.41) is 9.34. The lowest BCUT2D eigenvalue weighted by Gasteiger charge is -2.04. The van der Waals surface area contributed by atoms with Gasteiger partial charge in [0.05, 0.1) is 23.0 Å². The molecule has 0 radical (unpaired) electrons. The van der Waals surface area contributed by atoms with E-state index in [4.69, 9.17) is 23.2 Å². The predicted octanol–water partition coefficient (Wildman–Crippen LogP) is 3.35. The van der Waals surface area contributed by atoms with Gasteiger partial charge >= 0.3 is 0 Å². The molecule has 2 heterocycles. The zero-order chi connectivity index (χ0) is 17.3. The van der Waals surface area contributed by atoms with Gasteiger partial charge in [-0.05, 0) is 18.6 Å². The van der Waals surface area contributed by atoms with Crippen LogP contribution in [0.1, 0.15) is 21.6 Å². The number of para-hydroxylation sites is 1. The second-order valence-corrected chi connectivity index (χ2v) is 5.94. The van der Waals surface area contributed by atoms with E-state index in [2.05, 4.69) is 20.6 Å². The van der Waals surface area contributed by atoms with Gasteiger partial charge < -0.3 is 0 Å². The summed E-state index contributed by atoms with van der Waals surface area (Å²) in [4.78, 5) is 16.4. The summed E-state index contributed by atoms with van der Waals surface area (Å²) < 4.78 is 1.38. The third kappa shape index (κ3) is 3.11. The Morgan fingerprint density at radius 3 is 2.88 bits per heavy atom. The predicted molar refractivity (Wildman–Crippen MR) is 94.8 cm³/mol. The highest BCUT2D eigenvalue weighted by Crippen LogP contribution is 2.21. The Bertz CT molecular complexity index is 945. The maximum atomic E-state index is 12.1. The van der Waals surface area contributed by atoms with E-state index in [1.54, 1.807) is 7.05 Å². The fraction of sp³-hybridized carbons (Fsp3) is 0.125. The van der Waals surface area contributed by atoms with E-state index in [1.165, 1.54) is 17.1 Å². The third-order valence-electron chi connectivity index (χ3n) is 3.51. The summed E-state index contributed by atoms with van der Waals surface area (Å²) in [5.74, 6) is -0.461. The molecule has 0 aliphatic rings. The molecule has 6 nitrogen and oxygen atoms in total. The van der Waals surface area contributed by atoms with Gasteiger partial charge in [-0.1, -0.05) is 41.4 Å². The minimum Gasteiger partial charge on any atom is -0.266 e. The van der Waals surface area contributed by atoms with Gasteiger partial charge in [-0.25, -0.2) is 10.4 Å². The van der Waals surface area contributed by atoms with Crippen molar-refractivity contribution >= 4 is 46.2 Å². The van der Waals surface area contributed by atoms with Crippen LogP contribution in [0.4, 0.5) is 0 Å². The minimum atomic E-state index is -0.461. The molecular formula is C16H13Cl2N5O. The first-order chi connectivity index (χ1) is 11.5. The fourth-order valence-electron chi connectivity index (χ4n) is 2.31. The van der Waals surface area contributed by atoms with Crippen molar-refractivity contribution in [1.29, 1.82) is 0 Å². The highest BCUT2D eigenvalue weighted by atomic mass is 35.5. The van der Waals surface area contributed by atoms with E-state index in [1.807, 2.05) is 31.2 Å². The number of nitrogens with one attached hydrogen (secondary N) is 1. The molecule has 0 saturated carbocycles. The monoisotopic (exact) mass is 361 g/mol. The van der Waals surface area contributed by atoms with Crippen LogP contribution in [0.3, 0.4) is 0 Å². The van der Waals surface area contributed by atoms with Gasteiger partial charge in [-0.3, -0.25) is 9.48 Å². The zero-order valence-corrected chi connectivity index (χ0v) is 14.4. The molecule has 0 fully saturated rings. The van der Waals surface area contributed by atoms with Gasteiger partial charge in [0.15, 0.2) is 0 Å². The van der Waals surface area contributed by atoms with Gasteiger partial charge in [-0.15, -0.1) is 0 Å². The van der Waals surface area contributed by atoms with Crippen LogP contribution >= 0.6 is 23.2 Å². The van der Waals surface area contributed by atoms with Crippen molar-refractivity contribution in [2.24, 2.45) is 12.1 Å². The lowest BCUT2D eigenvalue weighted by molar-refractivity contribution is 0.0946. The quantitative estimate of drug-likeness (QED) is 0.441. The van der Waals surface area contributed by atoms with E-state index < -0.39 is 5.91 Å². The number of amides is 1. The van der Waals surface area contributed by atoms with Crippen LogP contribution in [-0.2, 0) is 7.05 Å². The van der Waals surface area contributed by atoms with E-state index in [0.29, 0.717) is 10.7 Å². The Kier molecular flexibility index (Phi) is 4.51. The average Bonchev–Trinajstić information content (AvgIpc) is 2.88. The third-order valence-corrected chi connectivity index (χ3v) is 4.09. The topological polar surface area (TPSA) is 72.2 Å². The van der Waals surface area contributed by atoms with Crippen LogP contribution in [0.25, 0.3) is 10.9 Å². The molecule has 122 valence electrons. The number of hydrazone groups is 1. The minimum absolute atomic E-state index is 0.229. The van der Waals surface area contributed by atoms with Crippen LogP contribution in [0.2, 0.25) is 10.2 Å². The zero-order valence-electron chi connectivity index (χ0n) is 12.9. The molecule has 0 aliphatic heterocycles. The Morgan fingerprint density at radius 1 is 1.38 bits per heavy atom. The van der Waals surface area contributed by atoms with Gasteiger partial charge in [-0.2, -0.15) is 10.2 Å². The Hall–Kier alpha value is -2.44. The van der Waals surface area contributed by atoms with E-state index in [0.717, 1.165) is 16.5 Å². The summed E-state index contributed by atoms with van der Waals surface area (Å²) >= 11 is 12.1. The number of pyridine rings is 1. The Labute approximate surface area is 148 Å². The normalized spacial score (nSPS) is 11.3. The number of aromatic nitrogens is 3. The maximum Gasteiger partial charge on any atom is 0.291 e. The summed E-state index contributed by atoms with van der Waals surface area (Å²) in [6.45, 7) is 1.97. The second kappa shape index (κ2) is 6.59. The van der Waals surface area contributed by atoms with Crippen molar-refractivity contribution < 1.29 is 4.79 Å². The Balaban J connectivity index is 1.83. The van der Waals surface area contributed by atoms with Crippen LogP contribution in [0, 0.1) is 6.92 Å². The van der Waals surface area contributed by atoms with Crippen LogP contribution in [0.15, 0.2) is 35.6 Å². The van der Waals surface area contributed by atoms with Crippen LogP contribution in [-0.4, -0.2) is 26.9 Å². The largest absolute Gasteiger partial charge is 0.291 e. The number of fused-ring (bicyclic) bond motifs is 1. The number of aryl methyl sites for hydroxylation is 2. The van der Waals surface area contributed by atoms with Crippen LogP contribution < -0.4 is 5.43 Å². The van der Waals surface area contributed by atoms with Crippen molar-refractivity contribution in [2.45, 2.75) is 6.92 Å². The molecule has 8 heteroatoms. The number of carbonyl (C=O) groups is 1. The molecule has 0 spiro atoms. The van der Waals surface area contributed by atoms with Crippen molar-refractivity contribution in [2.75, 3.05) is 0 Å². The summed E-state index contributed by atoms with van der Waals surface area (Å²) in [6, 6.07) is 7.72. The summed E-state index contributed by atoms with van der Waals surface area (Å²) in [5.41, 5.74) is 5.11. The molecule has 0 saturated heterocycles. The van der Waals surface area contributed by atoms with E-state index >= 15 is 0 Å². The molecule has 0 unspecified atom stereocenters. The molecule has 3 rings (SSSR count). The highest BCUT2D eigenvalue weighted by Gasteiger charge is 2.14. The van der Waals surface area contributed by atoms with Gasteiger partial charge in [0.2, 0.25) is 0 Å². The first kappa shape index (κ1) is 16.4. The molecule has 0 atom stereocenters. The van der Waals surface area contributed by atoms with Gasteiger partial charge in [0.25, 0.3) is 5.91 Å². The molecule has 0 bridgehead atoms. The van der Waals surface area contributed by atoms with Crippen molar-refractivity contribution in [1.82, 2.24) is 20.2 Å². The summed E-state index contributed by atoms with van der Waals surface area (Å²) in [6.07, 6.45) is 2.84. The SMILES string of the molecule is Cc1cccc2cc(/C=N/NC(=O)c3c(Cl)cnn3C)c(Cl)nc12. The van der Waals surface area contributed by atoms with E-state index in [9.17, 15) is 4.79 Å². The first-order valence-corrected chi connectivity index (χ1v) is 7.79. The molecule has 2 aromatic heterocycles. The number of nitrogens with zero attached hydrogens (tertiary/aromatic N) is 4. The van der Waals surface area contributed by atoms with Crippen molar-refractivity contribution in [3.63, 3.8) is 0 Å².